The average molecular weight is 819 g/mol. The minimum absolute atomic E-state index is 0.0563. The van der Waals surface area contributed by atoms with Gasteiger partial charge in [-0.1, -0.05) is 54.1 Å². The van der Waals surface area contributed by atoms with Gasteiger partial charge in [0.1, 0.15) is 28.5 Å². The number of anilines is 2. The van der Waals surface area contributed by atoms with Crippen LogP contribution in [0.1, 0.15) is 40.4 Å². The number of hydrogen-bond donors (Lipinski definition) is 3. The number of nitrogens with one attached hydrogen (secondary N) is 3. The summed E-state index contributed by atoms with van der Waals surface area (Å²) < 4.78 is 28.0. The van der Waals surface area contributed by atoms with E-state index in [9.17, 15) is 19.5 Å². The molecule has 2 atom stereocenters. The number of nitrogens with zero attached hydrogens (tertiary/aromatic N) is 3. The van der Waals surface area contributed by atoms with Crippen molar-refractivity contribution in [3.05, 3.63) is 153 Å². The van der Waals surface area contributed by atoms with Gasteiger partial charge in [0.05, 0.1) is 22.6 Å². The van der Waals surface area contributed by atoms with Crippen LogP contribution < -0.4 is 19.7 Å². The van der Waals surface area contributed by atoms with Crippen molar-refractivity contribution in [2.75, 3.05) is 56.2 Å². The van der Waals surface area contributed by atoms with E-state index in [4.69, 9.17) is 21.1 Å². The smallest absolute Gasteiger partial charge is 0.297 e. The lowest BCUT2D eigenvalue weighted by Gasteiger charge is -2.40. The predicted molar refractivity (Wildman–Crippen MR) is 227 cm³/mol. The van der Waals surface area contributed by atoms with E-state index in [1.807, 2.05) is 60.8 Å². The number of aromatic amines is 1. The zero-order valence-electron chi connectivity index (χ0n) is 31.6. The Bertz CT molecular complexity index is 2370. The molecule has 2 aliphatic rings. The molecule has 0 aliphatic carbocycles. The van der Waals surface area contributed by atoms with E-state index in [1.165, 1.54) is 29.3 Å². The van der Waals surface area contributed by atoms with Crippen LogP contribution in [0, 0.1) is 16.0 Å². The molecule has 3 heterocycles. The van der Waals surface area contributed by atoms with E-state index in [0.717, 1.165) is 55.6 Å². The summed E-state index contributed by atoms with van der Waals surface area (Å²) in [6.07, 6.45) is 3.59. The topological polar surface area (TPSA) is 148 Å². The summed E-state index contributed by atoms with van der Waals surface area (Å²) in [5.41, 5.74) is 4.46. The molecule has 2 aliphatic heterocycles. The van der Waals surface area contributed by atoms with E-state index < -0.39 is 22.2 Å². The Morgan fingerprint density at radius 3 is 2.43 bits per heavy atom. The van der Waals surface area contributed by atoms with E-state index in [2.05, 4.69) is 61.2 Å². The molecule has 1 aromatic heterocycles. The van der Waals surface area contributed by atoms with Crippen LogP contribution in [0.4, 0.5) is 17.1 Å². The number of halogens is 1. The Labute approximate surface area is 344 Å². The van der Waals surface area contributed by atoms with E-state index in [0.29, 0.717) is 42.1 Å². The first kappa shape index (κ1) is 39.3. The maximum absolute atomic E-state index is 13.9. The summed E-state index contributed by atoms with van der Waals surface area (Å²) in [6.45, 7) is 4.90. The molecule has 1 amide bonds. The van der Waals surface area contributed by atoms with Crippen LogP contribution in [0.15, 0.2) is 126 Å². The molecule has 2 unspecified atom stereocenters. The largest absolute Gasteiger partial charge is 0.588 e. The van der Waals surface area contributed by atoms with E-state index >= 15 is 0 Å². The summed E-state index contributed by atoms with van der Waals surface area (Å²) in [5.74, 6) is 0.500. The van der Waals surface area contributed by atoms with Gasteiger partial charge >= 0.3 is 0 Å². The van der Waals surface area contributed by atoms with Crippen molar-refractivity contribution in [1.29, 1.82) is 0 Å². The number of ether oxygens (including phenoxy) is 2. The molecule has 0 saturated carbocycles. The minimum Gasteiger partial charge on any atom is -0.588 e. The van der Waals surface area contributed by atoms with Gasteiger partial charge in [0.2, 0.25) is 0 Å². The molecule has 0 radical (unpaired) electrons. The standard InChI is InChI=1S/C44H43ClN6O6S/c45-34-8-6-32(7-9-34)43(31-4-2-1-3-5-31)50-22-20-49(21-23-50)35-10-13-38(42(27-35)57-36-11-14-39-33(26-36)16-19-46-39)44(52)48-58(55)37-12-15-40(41(28-37)51(53)54)47-29-30-17-24-56-25-18-30/h1-16,19,26-28,30,43,46-47H,17-18,20-25,29H2,(H,48,52). The first-order valence-corrected chi connectivity index (χ1v) is 20.8. The highest BCUT2D eigenvalue weighted by Gasteiger charge is 2.29. The summed E-state index contributed by atoms with van der Waals surface area (Å²) >= 11 is 4.15. The number of nitro groups is 1. The van der Waals surface area contributed by atoms with Crippen LogP contribution in [0.5, 0.6) is 11.5 Å². The van der Waals surface area contributed by atoms with Gasteiger partial charge in [-0.05, 0) is 90.6 Å². The Morgan fingerprint density at radius 1 is 0.914 bits per heavy atom. The zero-order valence-corrected chi connectivity index (χ0v) is 33.2. The second-order valence-electron chi connectivity index (χ2n) is 14.5. The molecule has 2 saturated heterocycles. The minimum atomic E-state index is -2.11. The molecule has 5 aromatic carbocycles. The number of aromatic nitrogens is 1. The van der Waals surface area contributed by atoms with Crippen molar-refractivity contribution in [2.24, 2.45) is 5.92 Å². The van der Waals surface area contributed by atoms with Gasteiger partial charge in [0.15, 0.2) is 4.90 Å². The number of rotatable bonds is 13. The zero-order chi connectivity index (χ0) is 40.0. The fourth-order valence-corrected chi connectivity index (χ4v) is 8.60. The molecule has 6 aromatic rings. The van der Waals surface area contributed by atoms with E-state index in [1.54, 1.807) is 6.07 Å². The van der Waals surface area contributed by atoms with Crippen LogP contribution in [0.2, 0.25) is 5.02 Å². The van der Waals surface area contributed by atoms with Crippen molar-refractivity contribution in [2.45, 2.75) is 23.8 Å². The van der Waals surface area contributed by atoms with E-state index in [-0.39, 0.29) is 27.9 Å². The number of amides is 1. The monoisotopic (exact) mass is 818 g/mol. The summed E-state index contributed by atoms with van der Waals surface area (Å²) in [6, 6.07) is 35.8. The number of piperazine rings is 1. The summed E-state index contributed by atoms with van der Waals surface area (Å²) in [7, 11) is 0. The van der Waals surface area contributed by atoms with Crippen LogP contribution in [-0.4, -0.2) is 71.2 Å². The van der Waals surface area contributed by atoms with Crippen LogP contribution in [0.25, 0.3) is 10.9 Å². The lowest BCUT2D eigenvalue weighted by molar-refractivity contribution is -0.384. The van der Waals surface area contributed by atoms with Gasteiger partial charge in [-0.3, -0.25) is 19.8 Å². The third kappa shape index (κ3) is 9.09. The molecular formula is C44H43ClN6O6S. The number of benzene rings is 5. The fourth-order valence-electron chi connectivity index (χ4n) is 7.66. The quantitative estimate of drug-likeness (QED) is 0.0591. The Kier molecular flexibility index (Phi) is 12.1. The highest BCUT2D eigenvalue weighted by atomic mass is 35.5. The van der Waals surface area contributed by atoms with Crippen molar-refractivity contribution < 1.29 is 23.7 Å². The van der Waals surface area contributed by atoms with Gasteiger partial charge in [0.25, 0.3) is 11.6 Å². The van der Waals surface area contributed by atoms with Gasteiger partial charge < -0.3 is 29.2 Å². The normalized spacial score (nSPS) is 16.1. The highest BCUT2D eigenvalue weighted by Crippen LogP contribution is 2.35. The molecular weight excluding hydrogens is 776 g/mol. The number of nitro benzene ring substituents is 1. The van der Waals surface area contributed by atoms with Crippen molar-refractivity contribution in [1.82, 2.24) is 14.6 Å². The molecule has 0 spiro atoms. The first-order chi connectivity index (χ1) is 28.3. The SMILES string of the molecule is O=C(N[S+]([O-])c1ccc(NCC2CCOCC2)c([N+](=O)[O-])c1)c1ccc(N2CCN(C(c3ccccc3)c3ccc(Cl)cc3)CC2)cc1Oc1ccc2[nH]ccc2c1. The van der Waals surface area contributed by atoms with Gasteiger partial charge in [-0.15, -0.1) is 0 Å². The maximum atomic E-state index is 13.9. The number of H-pyrrole nitrogens is 1. The van der Waals surface area contributed by atoms with Crippen molar-refractivity contribution in [3.63, 3.8) is 0 Å². The molecule has 58 heavy (non-hydrogen) atoms. The molecule has 8 rings (SSSR count). The van der Waals surface area contributed by atoms with Gasteiger partial charge in [0, 0.05) is 79.8 Å². The molecule has 12 nitrogen and oxygen atoms in total. The first-order valence-electron chi connectivity index (χ1n) is 19.3. The Morgan fingerprint density at radius 2 is 1.67 bits per heavy atom. The van der Waals surface area contributed by atoms with Crippen molar-refractivity contribution in [3.8, 4) is 11.5 Å². The predicted octanol–water partition coefficient (Wildman–Crippen LogP) is 8.72. The second-order valence-corrected chi connectivity index (χ2v) is 16.1. The van der Waals surface area contributed by atoms with Crippen LogP contribution in [0.3, 0.4) is 0 Å². The Hall–Kier alpha value is -5.57. The third-order valence-electron chi connectivity index (χ3n) is 10.8. The number of hydrogen-bond acceptors (Lipinski definition) is 9. The third-order valence-corrected chi connectivity index (χ3v) is 12.1. The lowest BCUT2D eigenvalue weighted by Crippen LogP contribution is -2.48. The lowest BCUT2D eigenvalue weighted by atomic mass is 9.96. The molecule has 0 bridgehead atoms. The number of carbonyl (C=O) groups excluding carboxylic acids is 1. The number of fused-ring (bicyclic) bond motifs is 1. The maximum Gasteiger partial charge on any atom is 0.297 e. The molecule has 298 valence electrons. The summed E-state index contributed by atoms with van der Waals surface area (Å²) in [5, 5.41) is 16.9. The van der Waals surface area contributed by atoms with Crippen molar-refractivity contribution >= 4 is 56.8 Å². The van der Waals surface area contributed by atoms with Crippen LogP contribution in [-0.2, 0) is 16.1 Å². The second kappa shape index (κ2) is 17.9. The fraction of sp³-hybridized carbons (Fsp3) is 0.250. The number of carbonyl (C=O) groups is 1. The Balaban J connectivity index is 1.01. The molecule has 14 heteroatoms. The molecule has 2 fully saturated rings. The van der Waals surface area contributed by atoms with Crippen LogP contribution >= 0.6 is 11.6 Å². The molecule has 3 N–H and O–H groups in total. The highest BCUT2D eigenvalue weighted by molar-refractivity contribution is 7.90. The average Bonchev–Trinajstić information content (AvgIpc) is 3.73. The summed E-state index contributed by atoms with van der Waals surface area (Å²) in [4.78, 5) is 33.4. The van der Waals surface area contributed by atoms with Gasteiger partial charge in [-0.25, -0.2) is 0 Å². The van der Waals surface area contributed by atoms with Gasteiger partial charge in [-0.2, -0.15) is 4.72 Å².